The van der Waals surface area contributed by atoms with E-state index in [-0.39, 0.29) is 27.7 Å². The van der Waals surface area contributed by atoms with Crippen LogP contribution in [0, 0.1) is 11.6 Å². The lowest BCUT2D eigenvalue weighted by Gasteiger charge is -2.47. The first-order valence-electron chi connectivity index (χ1n) is 20.7. The first-order valence-corrected chi connectivity index (χ1v) is 22.3. The van der Waals surface area contributed by atoms with E-state index in [1.807, 2.05) is 36.4 Å². The van der Waals surface area contributed by atoms with Crippen molar-refractivity contribution in [1.82, 2.24) is 10.1 Å². The van der Waals surface area contributed by atoms with Crippen LogP contribution in [0.5, 0.6) is 11.5 Å². The van der Waals surface area contributed by atoms with Crippen LogP contribution in [0.2, 0.25) is 10.0 Å². The first-order chi connectivity index (χ1) is 30.3. The zero-order valence-corrected chi connectivity index (χ0v) is 38.6. The van der Waals surface area contributed by atoms with E-state index in [4.69, 9.17) is 78.3 Å². The fourth-order valence-corrected chi connectivity index (χ4v) is 9.41. The molecule has 6 aliphatic heterocycles. The smallest absolute Gasteiger partial charge is 0.484 e. The summed E-state index contributed by atoms with van der Waals surface area (Å²) in [4.78, 5) is 21.7. The summed E-state index contributed by atoms with van der Waals surface area (Å²) < 4.78 is 51.7. The number of fused-ring (bicyclic) bond motifs is 4. The van der Waals surface area contributed by atoms with Gasteiger partial charge in [-0.1, -0.05) is 57.3 Å². The number of hydroxylamine groups is 4. The summed E-state index contributed by atoms with van der Waals surface area (Å²) >= 11 is 14.9. The highest BCUT2D eigenvalue weighted by Gasteiger charge is 2.57. The van der Waals surface area contributed by atoms with Crippen LogP contribution in [0.15, 0.2) is 87.3 Å². The number of benzene rings is 4. The van der Waals surface area contributed by atoms with Gasteiger partial charge in [-0.2, -0.15) is 0 Å². The van der Waals surface area contributed by atoms with Crippen LogP contribution >= 0.6 is 39.1 Å². The van der Waals surface area contributed by atoms with Crippen molar-refractivity contribution in [2.75, 3.05) is 27.3 Å². The largest absolute Gasteiger partial charge is 0.488 e. The Kier molecular flexibility index (Phi) is 12.9. The molecule has 340 valence electrons. The Hall–Kier alpha value is -4.24. The van der Waals surface area contributed by atoms with Gasteiger partial charge in [-0.15, -0.1) is 0 Å². The van der Waals surface area contributed by atoms with Crippen LogP contribution in [0.1, 0.15) is 63.5 Å². The van der Waals surface area contributed by atoms with E-state index >= 15 is 0 Å². The van der Waals surface area contributed by atoms with Gasteiger partial charge in [0.2, 0.25) is 23.4 Å². The number of rotatable bonds is 2. The lowest BCUT2D eigenvalue weighted by molar-refractivity contribution is -0.220. The molecule has 6 atom stereocenters. The normalized spacial score (nSPS) is 28.9. The highest BCUT2D eigenvalue weighted by atomic mass is 79.9. The molecule has 0 aromatic heterocycles. The summed E-state index contributed by atoms with van der Waals surface area (Å²) in [6.07, 6.45) is 5.12. The van der Waals surface area contributed by atoms with E-state index in [0.717, 1.165) is 64.2 Å². The minimum Gasteiger partial charge on any atom is -0.484 e. The molecule has 0 amide bonds. The predicted molar refractivity (Wildman–Crippen MR) is 242 cm³/mol. The quantitative estimate of drug-likeness (QED) is 0.153. The zero-order chi connectivity index (χ0) is 45.8. The molecule has 20 heteroatoms. The zero-order valence-electron chi connectivity index (χ0n) is 35.5. The minimum atomic E-state index is -1.60. The summed E-state index contributed by atoms with van der Waals surface area (Å²) in [5.41, 5.74) is 12.8. The molecule has 14 nitrogen and oxygen atoms in total. The molecule has 6 N–H and O–H groups in total. The topological polar surface area (TPSA) is 179 Å². The second kappa shape index (κ2) is 17.9. The van der Waals surface area contributed by atoms with Gasteiger partial charge < -0.3 is 40.5 Å². The molecule has 6 heterocycles. The average molecular weight is 989 g/mol. The Balaban J connectivity index is 0.000000145. The van der Waals surface area contributed by atoms with Gasteiger partial charge in [0.1, 0.15) is 34.3 Å². The van der Waals surface area contributed by atoms with Gasteiger partial charge in [-0.25, -0.2) is 38.6 Å². The number of ether oxygens (including phenoxy) is 4. The van der Waals surface area contributed by atoms with Gasteiger partial charge in [0.15, 0.2) is 0 Å². The molecule has 4 aromatic carbocycles. The van der Waals surface area contributed by atoms with Crippen LogP contribution in [0.3, 0.4) is 0 Å². The molecule has 0 aliphatic carbocycles. The predicted octanol–water partition coefficient (Wildman–Crippen LogP) is 6.88. The molecule has 6 unspecified atom stereocenters. The van der Waals surface area contributed by atoms with Crippen molar-refractivity contribution in [1.29, 1.82) is 0 Å². The maximum Gasteiger partial charge on any atom is 0.488 e. The molecule has 4 spiro atoms. The summed E-state index contributed by atoms with van der Waals surface area (Å²) in [6, 6.07) is 19.8. The summed E-state index contributed by atoms with van der Waals surface area (Å²) in [7, 11) is 1.90. The van der Waals surface area contributed by atoms with Crippen molar-refractivity contribution < 1.29 is 47.5 Å². The van der Waals surface area contributed by atoms with Crippen molar-refractivity contribution in [2.45, 2.75) is 87.2 Å². The Bertz CT molecular complexity index is 2480. The number of aliphatic imine (C=N–C) groups is 2. The van der Waals surface area contributed by atoms with Crippen molar-refractivity contribution in [2.24, 2.45) is 21.5 Å². The number of guanidine groups is 2. The molecule has 10 rings (SSSR count). The summed E-state index contributed by atoms with van der Waals surface area (Å²) in [6.45, 7) is 5.16. The molecule has 2 fully saturated rings. The van der Waals surface area contributed by atoms with Gasteiger partial charge in [-0.05, 0) is 111 Å². The molecule has 0 radical (unpaired) electrons. The molecule has 4 aromatic rings. The molecular formula is C44H48BBrCl2F2N6O8. The van der Waals surface area contributed by atoms with E-state index in [1.165, 1.54) is 28.3 Å². The third kappa shape index (κ3) is 9.26. The Morgan fingerprint density at radius 1 is 0.703 bits per heavy atom. The average Bonchev–Trinajstić information content (AvgIpc) is 3.70. The van der Waals surface area contributed by atoms with E-state index in [1.54, 1.807) is 26.2 Å². The van der Waals surface area contributed by atoms with E-state index in [0.29, 0.717) is 43.7 Å². The SMILES string of the molecule is CC1CCC2(CO1)CC1(N=C(N)N(C)O1)c1cc(-c3ccc(F)c(Cl)c3)ccc1O2.CC1CCC2(CO1)CC1(N=C(N)N(C)O1)c1cc(Br)ccc1O2.OB(O)c1ccc(F)c(Cl)c1. The van der Waals surface area contributed by atoms with Gasteiger partial charge in [0.25, 0.3) is 0 Å². The van der Waals surface area contributed by atoms with Crippen LogP contribution < -0.4 is 26.4 Å². The lowest BCUT2D eigenvalue weighted by Crippen LogP contribution is -2.54. The standard InChI is InChI=1S/C22H23ClFN3O3.C16H20BrN3O3.C6H5BClFO2/c1-13-7-8-21(12-28-13)11-22(26-20(25)27(2)30-22)16-9-14(4-6-19(16)29-21)15-3-5-18(24)17(23)10-15;1-10-5-6-15(9-21-10)8-16(19-14(18)20(2)23-16)12-7-11(17)3-4-13(12)22-15;8-5-3-4(7(10)11)1-2-6(5)9/h3-6,9-10,13H,7-8,11-12H2,1-2H3,(H2,25,26);3-4,7,10H,5-6,8-9H2,1-2H3,(H2,18,19);1-3,10-11H. The van der Waals surface area contributed by atoms with Gasteiger partial charge >= 0.3 is 7.12 Å². The molecule has 6 aliphatic rings. The summed E-state index contributed by atoms with van der Waals surface area (Å²) in [5.74, 6) is 1.12. The van der Waals surface area contributed by atoms with Crippen molar-refractivity contribution >= 4 is 63.6 Å². The van der Waals surface area contributed by atoms with Crippen LogP contribution in [-0.2, 0) is 30.6 Å². The first kappa shape index (κ1) is 46.3. The number of halogens is 5. The third-order valence-electron chi connectivity index (χ3n) is 12.1. The summed E-state index contributed by atoms with van der Waals surface area (Å²) in [5, 5.41) is 20.2. The number of hydrogen-bond acceptors (Lipinski definition) is 14. The Morgan fingerprint density at radius 3 is 1.62 bits per heavy atom. The number of nitrogens with two attached hydrogens (primary N) is 2. The molecule has 0 saturated carbocycles. The van der Waals surface area contributed by atoms with E-state index in [2.05, 4.69) is 34.8 Å². The second-order valence-electron chi connectivity index (χ2n) is 17.0. The van der Waals surface area contributed by atoms with Gasteiger partial charge in [-0.3, -0.25) is 0 Å². The van der Waals surface area contributed by atoms with Crippen molar-refractivity contribution in [3.8, 4) is 22.6 Å². The lowest BCUT2D eigenvalue weighted by atomic mass is 9.80. The minimum absolute atomic E-state index is 0.0720. The molecule has 64 heavy (non-hydrogen) atoms. The Labute approximate surface area is 388 Å². The fraction of sp³-hybridized carbons (Fsp3) is 0.409. The maximum absolute atomic E-state index is 13.6. The van der Waals surface area contributed by atoms with Crippen LogP contribution in [0.25, 0.3) is 11.1 Å². The molecule has 2 saturated heterocycles. The third-order valence-corrected chi connectivity index (χ3v) is 13.2. The van der Waals surface area contributed by atoms with Crippen molar-refractivity contribution in [3.63, 3.8) is 0 Å². The maximum atomic E-state index is 13.6. The molecule has 0 bridgehead atoms. The second-order valence-corrected chi connectivity index (χ2v) is 18.7. The van der Waals surface area contributed by atoms with E-state index in [9.17, 15) is 8.78 Å². The molecular weight excluding hydrogens is 940 g/mol. The van der Waals surface area contributed by atoms with Crippen molar-refractivity contribution in [3.05, 3.63) is 110 Å². The Morgan fingerprint density at radius 2 is 1.17 bits per heavy atom. The van der Waals surface area contributed by atoms with Crippen LogP contribution in [0.4, 0.5) is 8.78 Å². The van der Waals surface area contributed by atoms with Crippen LogP contribution in [-0.4, -0.2) is 89.9 Å². The fourth-order valence-electron chi connectivity index (χ4n) is 8.68. The number of nitrogens with zero attached hydrogens (tertiary/aromatic N) is 4. The number of hydrogen-bond donors (Lipinski definition) is 4. The van der Waals surface area contributed by atoms with Gasteiger partial charge in [0.05, 0.1) is 46.6 Å². The van der Waals surface area contributed by atoms with Gasteiger partial charge in [0, 0.05) is 31.4 Å². The monoisotopic (exact) mass is 986 g/mol. The highest BCUT2D eigenvalue weighted by Crippen LogP contribution is 2.54. The van der Waals surface area contributed by atoms with E-state index < -0.39 is 41.4 Å². The highest BCUT2D eigenvalue weighted by molar-refractivity contribution is 9.10.